The molecule has 0 unspecified atom stereocenters. The van der Waals surface area contributed by atoms with Crippen LogP contribution in [0.2, 0.25) is 5.02 Å². The summed E-state index contributed by atoms with van der Waals surface area (Å²) in [6.07, 6.45) is 1.43. The van der Waals surface area contributed by atoms with Gasteiger partial charge in [0.15, 0.2) is 0 Å². The number of rotatable bonds is 3. The van der Waals surface area contributed by atoms with Crippen LogP contribution in [-0.2, 0) is 0 Å². The quantitative estimate of drug-likeness (QED) is 0.888. The molecule has 92 valence electrons. The summed E-state index contributed by atoms with van der Waals surface area (Å²) in [6.45, 7) is 0. The third-order valence-electron chi connectivity index (χ3n) is 2.16. The summed E-state index contributed by atoms with van der Waals surface area (Å²) in [6, 6.07) is 7.95. The van der Waals surface area contributed by atoms with Gasteiger partial charge in [0.05, 0.1) is 11.9 Å². The van der Waals surface area contributed by atoms with Crippen molar-refractivity contribution < 1.29 is 9.53 Å². The summed E-state index contributed by atoms with van der Waals surface area (Å²) in [7, 11) is 0. The molecule has 1 aromatic heterocycles. The Morgan fingerprint density at radius 2 is 2.11 bits per heavy atom. The first-order chi connectivity index (χ1) is 8.56. The number of carbonyl (C=O) groups is 1. The van der Waals surface area contributed by atoms with Crippen molar-refractivity contribution >= 4 is 23.2 Å². The van der Waals surface area contributed by atoms with Gasteiger partial charge in [-0.2, -0.15) is 0 Å². The summed E-state index contributed by atoms with van der Waals surface area (Å²) in [5.41, 5.74) is 11.5. The summed E-state index contributed by atoms with van der Waals surface area (Å²) in [5.74, 6) is 0.106. The number of hydrogen-bond donors (Lipinski definition) is 2. The number of halogens is 1. The van der Waals surface area contributed by atoms with Crippen LogP contribution in [0, 0.1) is 0 Å². The maximum Gasteiger partial charge on any atom is 0.248 e. The molecule has 0 atom stereocenters. The van der Waals surface area contributed by atoms with Crippen molar-refractivity contribution in [3.63, 3.8) is 0 Å². The molecule has 4 N–H and O–H groups in total. The molecule has 1 amide bonds. The number of nitrogens with two attached hydrogens (primary N) is 2. The summed E-state index contributed by atoms with van der Waals surface area (Å²) in [5, 5.41) is 0.291. The second-order valence-corrected chi connectivity index (χ2v) is 3.96. The summed E-state index contributed by atoms with van der Waals surface area (Å²) < 4.78 is 5.45. The Labute approximate surface area is 108 Å². The van der Waals surface area contributed by atoms with E-state index in [4.69, 9.17) is 27.8 Å². The molecule has 0 saturated carbocycles. The molecule has 1 aromatic carbocycles. The minimum Gasteiger partial charge on any atom is -0.438 e. The molecular weight excluding hydrogens is 254 g/mol. The van der Waals surface area contributed by atoms with Gasteiger partial charge in [-0.15, -0.1) is 0 Å². The number of hydrogen-bond acceptors (Lipinski definition) is 4. The van der Waals surface area contributed by atoms with Crippen molar-refractivity contribution in [2.24, 2.45) is 5.73 Å². The molecule has 0 saturated heterocycles. The van der Waals surface area contributed by atoms with E-state index in [1.807, 2.05) is 0 Å². The maximum absolute atomic E-state index is 11.0. The van der Waals surface area contributed by atoms with Gasteiger partial charge in [0.1, 0.15) is 10.8 Å². The van der Waals surface area contributed by atoms with Crippen LogP contribution in [0.15, 0.2) is 36.5 Å². The highest BCUT2D eigenvalue weighted by atomic mass is 35.5. The fourth-order valence-corrected chi connectivity index (χ4v) is 1.55. The van der Waals surface area contributed by atoms with Gasteiger partial charge in [0, 0.05) is 5.56 Å². The van der Waals surface area contributed by atoms with Gasteiger partial charge in [-0.3, -0.25) is 4.79 Å². The van der Waals surface area contributed by atoms with Crippen LogP contribution in [0.5, 0.6) is 11.6 Å². The van der Waals surface area contributed by atoms with Crippen LogP contribution >= 0.6 is 11.6 Å². The molecule has 0 aliphatic rings. The van der Waals surface area contributed by atoms with E-state index in [1.54, 1.807) is 18.2 Å². The molecule has 5 nitrogen and oxygen atoms in total. The van der Waals surface area contributed by atoms with Gasteiger partial charge in [-0.1, -0.05) is 17.7 Å². The van der Waals surface area contributed by atoms with Crippen molar-refractivity contribution in [1.29, 1.82) is 0 Å². The molecule has 0 bridgehead atoms. The van der Waals surface area contributed by atoms with E-state index in [-0.39, 0.29) is 5.88 Å². The molecule has 6 heteroatoms. The number of anilines is 1. The van der Waals surface area contributed by atoms with Crippen molar-refractivity contribution in [3.05, 3.63) is 47.1 Å². The van der Waals surface area contributed by atoms with Crippen LogP contribution in [0.3, 0.4) is 0 Å². The smallest absolute Gasteiger partial charge is 0.248 e. The Morgan fingerprint density at radius 1 is 1.33 bits per heavy atom. The standard InChI is InChI=1S/C12H10ClN3O2/c13-10-5-8(14)6-16-12(10)18-9-3-1-2-7(4-9)11(15)17/h1-6H,14H2,(H2,15,17). The van der Waals surface area contributed by atoms with E-state index >= 15 is 0 Å². The molecule has 0 aliphatic carbocycles. The second kappa shape index (κ2) is 4.93. The molecular formula is C12H10ClN3O2. The highest BCUT2D eigenvalue weighted by Crippen LogP contribution is 2.28. The van der Waals surface area contributed by atoms with Gasteiger partial charge in [0.25, 0.3) is 0 Å². The van der Waals surface area contributed by atoms with E-state index in [0.717, 1.165) is 0 Å². The molecule has 1 heterocycles. The van der Waals surface area contributed by atoms with Gasteiger partial charge < -0.3 is 16.2 Å². The van der Waals surface area contributed by atoms with Crippen molar-refractivity contribution in [2.45, 2.75) is 0 Å². The number of amides is 1. The Kier molecular flexibility index (Phi) is 3.34. The van der Waals surface area contributed by atoms with Crippen LogP contribution in [0.4, 0.5) is 5.69 Å². The van der Waals surface area contributed by atoms with E-state index in [9.17, 15) is 4.79 Å². The van der Waals surface area contributed by atoms with Crippen molar-refractivity contribution in [3.8, 4) is 11.6 Å². The minimum atomic E-state index is -0.531. The molecule has 2 aromatic rings. The number of ether oxygens (including phenoxy) is 1. The van der Waals surface area contributed by atoms with E-state index in [0.29, 0.717) is 22.0 Å². The number of benzene rings is 1. The largest absolute Gasteiger partial charge is 0.438 e. The molecule has 0 radical (unpaired) electrons. The number of nitrogens with zero attached hydrogens (tertiary/aromatic N) is 1. The van der Waals surface area contributed by atoms with E-state index < -0.39 is 5.91 Å². The third-order valence-corrected chi connectivity index (χ3v) is 2.43. The Balaban J connectivity index is 2.28. The average Bonchev–Trinajstić information content (AvgIpc) is 2.33. The van der Waals surface area contributed by atoms with Crippen molar-refractivity contribution in [2.75, 3.05) is 5.73 Å². The normalized spacial score (nSPS) is 10.1. The lowest BCUT2D eigenvalue weighted by Crippen LogP contribution is -2.10. The lowest BCUT2D eigenvalue weighted by atomic mass is 10.2. The van der Waals surface area contributed by atoms with Crippen LogP contribution in [0.25, 0.3) is 0 Å². The highest BCUT2D eigenvalue weighted by molar-refractivity contribution is 6.32. The monoisotopic (exact) mass is 263 g/mol. The van der Waals surface area contributed by atoms with Gasteiger partial charge in [0.2, 0.25) is 11.8 Å². The number of pyridine rings is 1. The van der Waals surface area contributed by atoms with Gasteiger partial charge in [-0.25, -0.2) is 4.98 Å². The number of aromatic nitrogens is 1. The minimum absolute atomic E-state index is 0.215. The Bertz CT molecular complexity index is 602. The lowest BCUT2D eigenvalue weighted by Gasteiger charge is -2.07. The van der Waals surface area contributed by atoms with Gasteiger partial charge >= 0.3 is 0 Å². The lowest BCUT2D eigenvalue weighted by molar-refractivity contribution is 0.1000. The summed E-state index contributed by atoms with van der Waals surface area (Å²) >= 11 is 5.92. The van der Waals surface area contributed by atoms with Crippen LogP contribution in [-0.4, -0.2) is 10.9 Å². The van der Waals surface area contributed by atoms with Crippen LogP contribution in [0.1, 0.15) is 10.4 Å². The topological polar surface area (TPSA) is 91.2 Å². The van der Waals surface area contributed by atoms with E-state index in [2.05, 4.69) is 4.98 Å². The first kappa shape index (κ1) is 12.2. The van der Waals surface area contributed by atoms with Crippen molar-refractivity contribution in [1.82, 2.24) is 4.98 Å². The summed E-state index contributed by atoms with van der Waals surface area (Å²) in [4.78, 5) is 15.0. The van der Waals surface area contributed by atoms with E-state index in [1.165, 1.54) is 18.3 Å². The Hall–Kier alpha value is -2.27. The van der Waals surface area contributed by atoms with Gasteiger partial charge in [-0.05, 0) is 24.3 Å². The zero-order chi connectivity index (χ0) is 13.1. The maximum atomic E-state index is 11.0. The zero-order valence-electron chi connectivity index (χ0n) is 9.26. The predicted molar refractivity (Wildman–Crippen MR) is 68.7 cm³/mol. The second-order valence-electron chi connectivity index (χ2n) is 3.55. The highest BCUT2D eigenvalue weighted by Gasteiger charge is 2.07. The predicted octanol–water partition coefficient (Wildman–Crippen LogP) is 2.21. The first-order valence-electron chi connectivity index (χ1n) is 5.05. The fourth-order valence-electron chi connectivity index (χ4n) is 1.34. The first-order valence-corrected chi connectivity index (χ1v) is 5.43. The number of nitrogen functional groups attached to an aromatic ring is 1. The SMILES string of the molecule is NC(=O)c1cccc(Oc2ncc(N)cc2Cl)c1. The molecule has 0 aliphatic heterocycles. The molecule has 18 heavy (non-hydrogen) atoms. The average molecular weight is 264 g/mol. The van der Waals surface area contributed by atoms with Crippen LogP contribution < -0.4 is 16.2 Å². The molecule has 2 rings (SSSR count). The molecule has 0 fully saturated rings. The number of primary amides is 1. The number of carbonyl (C=O) groups excluding carboxylic acids is 1. The third kappa shape index (κ3) is 2.70. The fraction of sp³-hybridized carbons (Fsp3) is 0. The molecule has 0 spiro atoms. The zero-order valence-corrected chi connectivity index (χ0v) is 10.0. The Morgan fingerprint density at radius 3 is 2.78 bits per heavy atom.